The first-order valence-electron chi connectivity index (χ1n) is 5.72. The molecule has 1 amide bonds. The minimum Gasteiger partial charge on any atom is -0.348 e. The van der Waals surface area contributed by atoms with Crippen LogP contribution in [0.2, 0.25) is 0 Å². The lowest BCUT2D eigenvalue weighted by molar-refractivity contribution is -0.127. The van der Waals surface area contributed by atoms with Gasteiger partial charge in [-0.25, -0.2) is 8.78 Å². The number of amides is 1. The van der Waals surface area contributed by atoms with Crippen molar-refractivity contribution in [2.75, 3.05) is 20.6 Å². The Kier molecular flexibility index (Phi) is 4.78. The average molecular weight is 256 g/mol. The highest BCUT2D eigenvalue weighted by molar-refractivity contribution is 5.77. The maximum absolute atomic E-state index is 13.7. The van der Waals surface area contributed by atoms with Crippen LogP contribution in [-0.2, 0) is 4.79 Å². The van der Waals surface area contributed by atoms with Crippen LogP contribution in [0.3, 0.4) is 0 Å². The molecule has 0 spiro atoms. The number of aryl methyl sites for hydroxylation is 1. The van der Waals surface area contributed by atoms with Gasteiger partial charge in [0.25, 0.3) is 0 Å². The summed E-state index contributed by atoms with van der Waals surface area (Å²) in [6.45, 7) is 3.29. The Balaban J connectivity index is 2.76. The van der Waals surface area contributed by atoms with Crippen LogP contribution in [0.5, 0.6) is 0 Å². The first-order chi connectivity index (χ1) is 8.32. The molecule has 0 fully saturated rings. The fourth-order valence-corrected chi connectivity index (χ4v) is 1.50. The minimum atomic E-state index is -0.466. The Hall–Kier alpha value is -1.49. The fraction of sp³-hybridized carbons (Fsp3) is 0.462. The lowest BCUT2D eigenvalue weighted by Crippen LogP contribution is -2.34. The molecule has 1 N–H and O–H groups in total. The predicted octanol–water partition coefficient (Wildman–Crippen LogP) is 2.01. The van der Waals surface area contributed by atoms with E-state index < -0.39 is 17.7 Å². The monoisotopic (exact) mass is 256 g/mol. The van der Waals surface area contributed by atoms with Gasteiger partial charge in [0, 0.05) is 25.7 Å². The summed E-state index contributed by atoms with van der Waals surface area (Å²) in [5, 5.41) is 2.87. The Morgan fingerprint density at radius 1 is 1.33 bits per heavy atom. The molecular weight excluding hydrogens is 238 g/mol. The van der Waals surface area contributed by atoms with Gasteiger partial charge in [0.1, 0.15) is 11.6 Å². The second kappa shape index (κ2) is 5.91. The average Bonchev–Trinajstić information content (AvgIpc) is 2.30. The topological polar surface area (TPSA) is 32.3 Å². The largest absolute Gasteiger partial charge is 0.348 e. The van der Waals surface area contributed by atoms with Gasteiger partial charge < -0.3 is 10.2 Å². The van der Waals surface area contributed by atoms with Gasteiger partial charge in [-0.2, -0.15) is 0 Å². The molecule has 3 nitrogen and oxygen atoms in total. The van der Waals surface area contributed by atoms with E-state index >= 15 is 0 Å². The molecule has 0 bridgehead atoms. The van der Waals surface area contributed by atoms with Crippen molar-refractivity contribution in [1.29, 1.82) is 0 Å². The maximum atomic E-state index is 13.7. The van der Waals surface area contributed by atoms with Gasteiger partial charge in [-0.1, -0.05) is 0 Å². The summed E-state index contributed by atoms with van der Waals surface area (Å²) >= 11 is 0. The molecule has 0 saturated carbocycles. The van der Waals surface area contributed by atoms with Crippen LogP contribution in [0.25, 0.3) is 0 Å². The Morgan fingerprint density at radius 2 is 1.94 bits per heavy atom. The van der Waals surface area contributed by atoms with E-state index in [1.54, 1.807) is 21.0 Å². The summed E-state index contributed by atoms with van der Waals surface area (Å²) in [4.78, 5) is 12.8. The van der Waals surface area contributed by atoms with Crippen LogP contribution in [0.1, 0.15) is 24.1 Å². The molecule has 0 radical (unpaired) electrons. The summed E-state index contributed by atoms with van der Waals surface area (Å²) in [5.74, 6) is -1.03. The number of halogens is 2. The highest BCUT2D eigenvalue weighted by Crippen LogP contribution is 2.20. The second-order valence-corrected chi connectivity index (χ2v) is 4.51. The number of hydrogen-bond donors (Lipinski definition) is 1. The molecule has 1 rings (SSSR count). The van der Waals surface area contributed by atoms with E-state index in [0.29, 0.717) is 0 Å². The second-order valence-electron chi connectivity index (χ2n) is 4.51. The summed E-state index contributed by atoms with van der Waals surface area (Å²) in [6.07, 6.45) is 0. The van der Waals surface area contributed by atoms with Crippen molar-refractivity contribution in [3.8, 4) is 0 Å². The smallest absolute Gasteiger partial charge is 0.236 e. The normalized spacial score (nSPS) is 12.3. The molecule has 0 aliphatic heterocycles. The Bertz CT molecular complexity index is 447. The molecule has 5 heteroatoms. The third kappa shape index (κ3) is 3.50. The van der Waals surface area contributed by atoms with Crippen molar-refractivity contribution in [1.82, 2.24) is 10.2 Å². The van der Waals surface area contributed by atoms with Crippen molar-refractivity contribution in [2.24, 2.45) is 0 Å². The first-order valence-corrected chi connectivity index (χ1v) is 5.72. The van der Waals surface area contributed by atoms with Crippen LogP contribution in [0.15, 0.2) is 12.1 Å². The molecule has 1 aromatic carbocycles. The van der Waals surface area contributed by atoms with Crippen LogP contribution in [0, 0.1) is 18.6 Å². The van der Waals surface area contributed by atoms with E-state index in [-0.39, 0.29) is 23.6 Å². The van der Waals surface area contributed by atoms with E-state index in [2.05, 4.69) is 5.32 Å². The van der Waals surface area contributed by atoms with E-state index in [1.165, 1.54) is 17.9 Å². The van der Waals surface area contributed by atoms with E-state index in [9.17, 15) is 13.6 Å². The van der Waals surface area contributed by atoms with Gasteiger partial charge in [0.05, 0.1) is 6.54 Å². The molecule has 100 valence electrons. The third-order valence-corrected chi connectivity index (χ3v) is 2.80. The lowest BCUT2D eigenvalue weighted by atomic mass is 10.1. The summed E-state index contributed by atoms with van der Waals surface area (Å²) in [5.41, 5.74) is 0.498. The molecule has 0 aliphatic rings. The minimum absolute atomic E-state index is 0.0864. The van der Waals surface area contributed by atoms with Gasteiger partial charge in [-0.05, 0) is 31.5 Å². The number of carbonyl (C=O) groups excluding carboxylic acids is 1. The van der Waals surface area contributed by atoms with Gasteiger partial charge in [-0.15, -0.1) is 0 Å². The number of benzene rings is 1. The van der Waals surface area contributed by atoms with Crippen LogP contribution < -0.4 is 5.32 Å². The maximum Gasteiger partial charge on any atom is 0.236 e. The van der Waals surface area contributed by atoms with Crippen molar-refractivity contribution < 1.29 is 13.6 Å². The molecular formula is C13H18F2N2O. The molecule has 0 saturated heterocycles. The predicted molar refractivity (Wildman–Crippen MR) is 66.2 cm³/mol. The zero-order valence-corrected chi connectivity index (χ0v) is 11.1. The number of rotatable bonds is 4. The standard InChI is InChI=1S/C13H18F2N2O/c1-8-5-12(15)10(6-11(8)14)9(2)16-7-13(18)17(3)4/h5-6,9,16H,7H2,1-4H3. The molecule has 0 aromatic heterocycles. The van der Waals surface area contributed by atoms with Gasteiger partial charge in [0.2, 0.25) is 5.91 Å². The van der Waals surface area contributed by atoms with Crippen LogP contribution in [0.4, 0.5) is 8.78 Å². The van der Waals surface area contributed by atoms with Gasteiger partial charge in [0.15, 0.2) is 0 Å². The van der Waals surface area contributed by atoms with Crippen molar-refractivity contribution in [3.63, 3.8) is 0 Å². The molecule has 0 heterocycles. The number of hydrogen-bond acceptors (Lipinski definition) is 2. The summed E-state index contributed by atoms with van der Waals surface area (Å²) < 4.78 is 27.0. The molecule has 0 aliphatic carbocycles. The fourth-order valence-electron chi connectivity index (χ4n) is 1.50. The number of carbonyl (C=O) groups is 1. The number of nitrogens with one attached hydrogen (secondary N) is 1. The third-order valence-electron chi connectivity index (χ3n) is 2.80. The van der Waals surface area contributed by atoms with E-state index in [0.717, 1.165) is 6.07 Å². The summed E-state index contributed by atoms with van der Waals surface area (Å²) in [6, 6.07) is 1.91. The highest BCUT2D eigenvalue weighted by atomic mass is 19.1. The molecule has 1 unspecified atom stereocenters. The van der Waals surface area contributed by atoms with E-state index in [1.807, 2.05) is 0 Å². The SMILES string of the molecule is Cc1cc(F)c(C(C)NCC(=O)N(C)C)cc1F. The zero-order valence-electron chi connectivity index (χ0n) is 11.1. The van der Waals surface area contributed by atoms with Crippen LogP contribution in [-0.4, -0.2) is 31.4 Å². The quantitative estimate of drug-likeness (QED) is 0.893. The molecule has 1 atom stereocenters. The number of likely N-dealkylation sites (N-methyl/N-ethyl adjacent to an activating group) is 1. The van der Waals surface area contributed by atoms with Gasteiger partial charge >= 0.3 is 0 Å². The van der Waals surface area contributed by atoms with Crippen molar-refractivity contribution in [2.45, 2.75) is 19.9 Å². The highest BCUT2D eigenvalue weighted by Gasteiger charge is 2.15. The van der Waals surface area contributed by atoms with E-state index in [4.69, 9.17) is 0 Å². The Labute approximate surface area is 106 Å². The first kappa shape index (κ1) is 14.6. The number of nitrogens with zero attached hydrogens (tertiary/aromatic N) is 1. The van der Waals surface area contributed by atoms with Gasteiger partial charge in [-0.3, -0.25) is 4.79 Å². The van der Waals surface area contributed by atoms with Crippen molar-refractivity contribution >= 4 is 5.91 Å². The molecule has 18 heavy (non-hydrogen) atoms. The Morgan fingerprint density at radius 3 is 2.50 bits per heavy atom. The zero-order chi connectivity index (χ0) is 13.9. The summed E-state index contributed by atoms with van der Waals surface area (Å²) in [7, 11) is 3.28. The van der Waals surface area contributed by atoms with Crippen molar-refractivity contribution in [3.05, 3.63) is 34.9 Å². The molecule has 1 aromatic rings. The lowest BCUT2D eigenvalue weighted by Gasteiger charge is -2.17. The van der Waals surface area contributed by atoms with Crippen LogP contribution >= 0.6 is 0 Å².